The Morgan fingerprint density at radius 2 is 1.63 bits per heavy atom. The quantitative estimate of drug-likeness (QED) is 0.889. The first-order valence-corrected chi connectivity index (χ1v) is 5.39. The maximum atomic E-state index is 12.9. The molecule has 0 amide bonds. The lowest BCUT2D eigenvalue weighted by Crippen LogP contribution is -2.08. The van der Waals surface area contributed by atoms with E-state index in [9.17, 15) is 18.0 Å². The Morgan fingerprint density at radius 1 is 1.00 bits per heavy atom. The minimum Gasteiger partial charge on any atom is -0.478 e. The lowest BCUT2D eigenvalue weighted by atomic mass is 9.97. The fourth-order valence-electron chi connectivity index (χ4n) is 1.78. The Hall–Kier alpha value is -2.30. The third-order valence-corrected chi connectivity index (χ3v) is 2.66. The Balaban J connectivity index is 2.67. The monoisotopic (exact) mass is 266 g/mol. The summed E-state index contributed by atoms with van der Waals surface area (Å²) in [5.41, 5.74) is -0.818. The zero-order valence-corrected chi connectivity index (χ0v) is 9.61. The number of alkyl halides is 3. The highest BCUT2D eigenvalue weighted by molar-refractivity contribution is 5.90. The van der Waals surface area contributed by atoms with Gasteiger partial charge >= 0.3 is 12.1 Å². The van der Waals surface area contributed by atoms with Crippen LogP contribution in [0.15, 0.2) is 48.5 Å². The van der Waals surface area contributed by atoms with Crippen molar-refractivity contribution in [3.8, 4) is 11.1 Å². The van der Waals surface area contributed by atoms with Crippen molar-refractivity contribution in [2.45, 2.75) is 6.18 Å². The van der Waals surface area contributed by atoms with Gasteiger partial charge in [0.05, 0.1) is 11.1 Å². The van der Waals surface area contributed by atoms with Crippen molar-refractivity contribution in [3.05, 3.63) is 59.7 Å². The summed E-state index contributed by atoms with van der Waals surface area (Å²) in [4.78, 5) is 10.9. The summed E-state index contributed by atoms with van der Waals surface area (Å²) in [5, 5.41) is 8.87. The van der Waals surface area contributed by atoms with Gasteiger partial charge in [0.25, 0.3) is 0 Å². The lowest BCUT2D eigenvalue weighted by Gasteiger charge is -2.13. The number of benzene rings is 2. The van der Waals surface area contributed by atoms with Crippen molar-refractivity contribution in [1.82, 2.24) is 0 Å². The van der Waals surface area contributed by atoms with Crippen LogP contribution in [-0.4, -0.2) is 11.1 Å². The Kier molecular flexibility index (Phi) is 3.29. The predicted octanol–water partition coefficient (Wildman–Crippen LogP) is 4.07. The summed E-state index contributed by atoms with van der Waals surface area (Å²) in [5.74, 6) is -1.26. The van der Waals surface area contributed by atoms with Crippen LogP contribution in [0.5, 0.6) is 0 Å². The summed E-state index contributed by atoms with van der Waals surface area (Å²) in [7, 11) is 0. The standard InChI is InChI=1S/C14H9F3O2/c15-14(16,17)12-7-6-10(13(18)19)8-11(12)9-4-2-1-3-5-9/h1-8H,(H,18,19). The van der Waals surface area contributed by atoms with Crippen LogP contribution in [0.25, 0.3) is 11.1 Å². The van der Waals surface area contributed by atoms with E-state index in [4.69, 9.17) is 5.11 Å². The molecular weight excluding hydrogens is 257 g/mol. The van der Waals surface area contributed by atoms with Gasteiger partial charge in [-0.05, 0) is 29.3 Å². The minimum absolute atomic E-state index is 0.131. The zero-order valence-electron chi connectivity index (χ0n) is 9.61. The van der Waals surface area contributed by atoms with Crippen molar-refractivity contribution >= 4 is 5.97 Å². The molecule has 0 aliphatic rings. The molecular formula is C14H9F3O2. The summed E-state index contributed by atoms with van der Waals surface area (Å²) >= 11 is 0. The highest BCUT2D eigenvalue weighted by atomic mass is 19.4. The first-order valence-electron chi connectivity index (χ1n) is 5.39. The summed E-state index contributed by atoms with van der Waals surface area (Å²) in [6.45, 7) is 0. The molecule has 0 saturated heterocycles. The fourth-order valence-corrected chi connectivity index (χ4v) is 1.78. The van der Waals surface area contributed by atoms with Crippen molar-refractivity contribution in [3.63, 3.8) is 0 Å². The van der Waals surface area contributed by atoms with E-state index in [0.717, 1.165) is 18.2 Å². The van der Waals surface area contributed by atoms with Gasteiger partial charge in [-0.3, -0.25) is 0 Å². The molecule has 0 heterocycles. The van der Waals surface area contributed by atoms with E-state index in [1.807, 2.05) is 0 Å². The van der Waals surface area contributed by atoms with Gasteiger partial charge < -0.3 is 5.11 Å². The maximum absolute atomic E-state index is 12.9. The van der Waals surface area contributed by atoms with Crippen LogP contribution in [0.3, 0.4) is 0 Å². The molecule has 0 atom stereocenters. The zero-order chi connectivity index (χ0) is 14.0. The number of carbonyl (C=O) groups is 1. The molecule has 0 saturated carbocycles. The van der Waals surface area contributed by atoms with E-state index in [1.165, 1.54) is 12.1 Å². The molecule has 1 N–H and O–H groups in total. The van der Waals surface area contributed by atoms with E-state index in [1.54, 1.807) is 18.2 Å². The van der Waals surface area contributed by atoms with Gasteiger partial charge in [0.2, 0.25) is 0 Å². The number of carboxylic acids is 1. The average Bonchev–Trinajstić information content (AvgIpc) is 2.38. The van der Waals surface area contributed by atoms with Gasteiger partial charge in [0, 0.05) is 0 Å². The normalized spacial score (nSPS) is 11.3. The number of halogens is 3. The van der Waals surface area contributed by atoms with Crippen molar-refractivity contribution in [2.75, 3.05) is 0 Å². The molecule has 0 radical (unpaired) electrons. The topological polar surface area (TPSA) is 37.3 Å². The Bertz CT molecular complexity index is 604. The molecule has 19 heavy (non-hydrogen) atoms. The fraction of sp³-hybridized carbons (Fsp3) is 0.0714. The third kappa shape index (κ3) is 2.76. The second-order valence-corrected chi connectivity index (χ2v) is 3.93. The highest BCUT2D eigenvalue weighted by Crippen LogP contribution is 2.37. The van der Waals surface area contributed by atoms with Crippen LogP contribution in [0.1, 0.15) is 15.9 Å². The molecule has 0 fully saturated rings. The first-order chi connectivity index (χ1) is 8.89. The van der Waals surface area contributed by atoms with E-state index >= 15 is 0 Å². The molecule has 2 aromatic carbocycles. The molecule has 0 unspecified atom stereocenters. The van der Waals surface area contributed by atoms with Crippen molar-refractivity contribution in [1.29, 1.82) is 0 Å². The molecule has 2 rings (SSSR count). The summed E-state index contributed by atoms with van der Waals surface area (Å²) in [6, 6.07) is 10.7. The number of carboxylic acid groups (broad SMARTS) is 1. The summed E-state index contributed by atoms with van der Waals surface area (Å²) < 4.78 is 38.8. The molecule has 0 aliphatic heterocycles. The van der Waals surface area contributed by atoms with Crippen LogP contribution in [-0.2, 0) is 6.18 Å². The number of rotatable bonds is 2. The Morgan fingerprint density at radius 3 is 2.16 bits per heavy atom. The third-order valence-electron chi connectivity index (χ3n) is 2.66. The first kappa shape index (κ1) is 13.1. The molecule has 98 valence electrons. The van der Waals surface area contributed by atoms with Gasteiger partial charge in [-0.2, -0.15) is 13.2 Å². The van der Waals surface area contributed by atoms with Crippen molar-refractivity contribution < 1.29 is 23.1 Å². The van der Waals surface area contributed by atoms with Gasteiger partial charge in [-0.1, -0.05) is 30.3 Å². The van der Waals surface area contributed by atoms with Gasteiger partial charge in [0.1, 0.15) is 0 Å². The maximum Gasteiger partial charge on any atom is 0.417 e. The molecule has 0 aliphatic carbocycles. The second-order valence-electron chi connectivity index (χ2n) is 3.93. The largest absolute Gasteiger partial charge is 0.478 e. The van der Waals surface area contributed by atoms with E-state index in [-0.39, 0.29) is 11.1 Å². The number of hydrogen-bond acceptors (Lipinski definition) is 1. The van der Waals surface area contributed by atoms with Crippen molar-refractivity contribution in [2.24, 2.45) is 0 Å². The van der Waals surface area contributed by atoms with Crippen LogP contribution >= 0.6 is 0 Å². The van der Waals surface area contributed by atoms with Crippen LogP contribution in [0.2, 0.25) is 0 Å². The van der Waals surface area contributed by atoms with Crippen LogP contribution in [0.4, 0.5) is 13.2 Å². The van der Waals surface area contributed by atoms with Gasteiger partial charge in [-0.25, -0.2) is 4.79 Å². The van der Waals surface area contributed by atoms with E-state index in [2.05, 4.69) is 0 Å². The predicted molar refractivity (Wildman–Crippen MR) is 63.8 cm³/mol. The average molecular weight is 266 g/mol. The molecule has 0 bridgehead atoms. The van der Waals surface area contributed by atoms with Gasteiger partial charge in [-0.15, -0.1) is 0 Å². The molecule has 2 aromatic rings. The summed E-state index contributed by atoms with van der Waals surface area (Å²) in [6.07, 6.45) is -4.53. The SMILES string of the molecule is O=C(O)c1ccc(C(F)(F)F)c(-c2ccccc2)c1. The highest BCUT2D eigenvalue weighted by Gasteiger charge is 2.33. The number of hydrogen-bond donors (Lipinski definition) is 1. The number of aromatic carboxylic acids is 1. The molecule has 0 spiro atoms. The van der Waals surface area contributed by atoms with Gasteiger partial charge in [0.15, 0.2) is 0 Å². The van der Waals surface area contributed by atoms with Crippen LogP contribution in [0, 0.1) is 0 Å². The smallest absolute Gasteiger partial charge is 0.417 e. The molecule has 2 nitrogen and oxygen atoms in total. The lowest BCUT2D eigenvalue weighted by molar-refractivity contribution is -0.137. The molecule has 5 heteroatoms. The minimum atomic E-state index is -4.53. The van der Waals surface area contributed by atoms with E-state index < -0.39 is 17.7 Å². The molecule has 0 aromatic heterocycles. The van der Waals surface area contributed by atoms with Crippen LogP contribution < -0.4 is 0 Å². The van der Waals surface area contributed by atoms with E-state index in [0.29, 0.717) is 5.56 Å². The Labute approximate surface area is 107 Å². The second kappa shape index (κ2) is 4.76.